The summed E-state index contributed by atoms with van der Waals surface area (Å²) in [5.74, 6) is 0.0341. The Bertz CT molecular complexity index is 412. The second-order valence-electron chi connectivity index (χ2n) is 2.75. The fraction of sp³-hybridized carbons (Fsp3) is 0.100. The van der Waals surface area contributed by atoms with Gasteiger partial charge in [-0.15, -0.1) is 11.3 Å². The molecule has 0 aliphatic rings. The minimum Gasteiger partial charge on any atom is -0.472 e. The third kappa shape index (κ3) is 1.55. The van der Waals surface area contributed by atoms with Gasteiger partial charge < -0.3 is 4.42 Å². The van der Waals surface area contributed by atoms with Crippen LogP contribution in [-0.2, 0) is 0 Å². The summed E-state index contributed by atoms with van der Waals surface area (Å²) < 4.78 is 4.85. The van der Waals surface area contributed by atoms with Gasteiger partial charge in [-0.1, -0.05) is 0 Å². The summed E-state index contributed by atoms with van der Waals surface area (Å²) in [6, 6.07) is 5.46. The maximum atomic E-state index is 11.7. The van der Waals surface area contributed by atoms with Gasteiger partial charge in [-0.25, -0.2) is 0 Å². The van der Waals surface area contributed by atoms with E-state index >= 15 is 0 Å². The molecule has 13 heavy (non-hydrogen) atoms. The molecule has 2 rings (SSSR count). The molecule has 2 aromatic rings. The van der Waals surface area contributed by atoms with Crippen LogP contribution in [0.4, 0.5) is 0 Å². The predicted molar refractivity (Wildman–Crippen MR) is 51.2 cm³/mol. The molecular formula is C10H8O2S. The molecule has 0 fully saturated rings. The van der Waals surface area contributed by atoms with Gasteiger partial charge >= 0.3 is 0 Å². The second kappa shape index (κ2) is 3.18. The summed E-state index contributed by atoms with van der Waals surface area (Å²) in [6.45, 7) is 1.98. The Balaban J connectivity index is 2.33. The molecule has 0 atom stereocenters. The van der Waals surface area contributed by atoms with E-state index in [1.807, 2.05) is 19.1 Å². The lowest BCUT2D eigenvalue weighted by molar-refractivity contribution is 0.104. The van der Waals surface area contributed by atoms with E-state index in [9.17, 15) is 4.79 Å². The fourth-order valence-electron chi connectivity index (χ4n) is 1.09. The lowest BCUT2D eigenvalue weighted by Gasteiger charge is -1.89. The van der Waals surface area contributed by atoms with Crippen molar-refractivity contribution in [3.8, 4) is 0 Å². The van der Waals surface area contributed by atoms with Crippen molar-refractivity contribution in [1.82, 2.24) is 0 Å². The molecule has 0 bridgehead atoms. The Morgan fingerprint density at radius 3 is 2.77 bits per heavy atom. The van der Waals surface area contributed by atoms with Gasteiger partial charge in [-0.3, -0.25) is 4.79 Å². The van der Waals surface area contributed by atoms with Crippen molar-refractivity contribution in [1.29, 1.82) is 0 Å². The van der Waals surface area contributed by atoms with Crippen LogP contribution in [0.1, 0.15) is 20.1 Å². The van der Waals surface area contributed by atoms with Gasteiger partial charge in [-0.05, 0) is 25.1 Å². The summed E-state index contributed by atoms with van der Waals surface area (Å²) in [4.78, 5) is 13.6. The summed E-state index contributed by atoms with van der Waals surface area (Å²) in [5, 5.41) is 0. The smallest absolute Gasteiger partial charge is 0.206 e. The van der Waals surface area contributed by atoms with Gasteiger partial charge in [0.1, 0.15) is 6.26 Å². The summed E-state index contributed by atoms with van der Waals surface area (Å²) in [6.07, 6.45) is 2.98. The van der Waals surface area contributed by atoms with Crippen LogP contribution in [0, 0.1) is 6.92 Å². The topological polar surface area (TPSA) is 30.2 Å². The molecule has 2 aromatic heterocycles. The molecular weight excluding hydrogens is 184 g/mol. The molecule has 0 radical (unpaired) electrons. The van der Waals surface area contributed by atoms with Gasteiger partial charge in [0.2, 0.25) is 5.78 Å². The molecule has 66 valence electrons. The SMILES string of the molecule is Cc1ccc(C(=O)c2ccoc2)s1. The van der Waals surface area contributed by atoms with Crippen molar-refractivity contribution < 1.29 is 9.21 Å². The van der Waals surface area contributed by atoms with Crippen molar-refractivity contribution in [2.45, 2.75) is 6.92 Å². The number of furan rings is 1. The monoisotopic (exact) mass is 192 g/mol. The van der Waals surface area contributed by atoms with E-state index in [0.29, 0.717) is 5.56 Å². The molecule has 0 N–H and O–H groups in total. The lowest BCUT2D eigenvalue weighted by Crippen LogP contribution is -1.95. The molecule has 0 saturated heterocycles. The lowest BCUT2D eigenvalue weighted by atomic mass is 10.2. The number of ketones is 1. The summed E-state index contributed by atoms with van der Waals surface area (Å²) in [5.41, 5.74) is 0.613. The van der Waals surface area contributed by atoms with Crippen LogP contribution < -0.4 is 0 Å². The van der Waals surface area contributed by atoms with Crippen LogP contribution in [0.5, 0.6) is 0 Å². The van der Waals surface area contributed by atoms with Crippen molar-refractivity contribution >= 4 is 17.1 Å². The zero-order chi connectivity index (χ0) is 9.26. The number of hydrogen-bond donors (Lipinski definition) is 0. The van der Waals surface area contributed by atoms with Gasteiger partial charge in [0.05, 0.1) is 16.7 Å². The summed E-state index contributed by atoms with van der Waals surface area (Å²) >= 11 is 1.50. The standard InChI is InChI=1S/C10H8O2S/c1-7-2-3-9(13-7)10(11)8-4-5-12-6-8/h2-6H,1H3. The zero-order valence-electron chi connectivity index (χ0n) is 7.11. The molecule has 0 aromatic carbocycles. The van der Waals surface area contributed by atoms with E-state index in [-0.39, 0.29) is 5.78 Å². The first kappa shape index (κ1) is 8.26. The van der Waals surface area contributed by atoms with Gasteiger partial charge in [0, 0.05) is 4.88 Å². The molecule has 3 heteroatoms. The first-order valence-corrected chi connectivity index (χ1v) is 4.72. The average Bonchev–Trinajstić information content (AvgIpc) is 2.72. The highest BCUT2D eigenvalue weighted by Gasteiger charge is 2.11. The van der Waals surface area contributed by atoms with Crippen molar-refractivity contribution in [2.75, 3.05) is 0 Å². The highest BCUT2D eigenvalue weighted by atomic mass is 32.1. The predicted octanol–water partition coefficient (Wildman–Crippen LogP) is 2.88. The van der Waals surface area contributed by atoms with Crippen molar-refractivity contribution in [3.05, 3.63) is 46.0 Å². The number of aryl methyl sites for hydroxylation is 1. The number of hydrogen-bond acceptors (Lipinski definition) is 3. The third-order valence-electron chi connectivity index (χ3n) is 1.75. The van der Waals surface area contributed by atoms with E-state index < -0.39 is 0 Å². The Morgan fingerprint density at radius 2 is 2.23 bits per heavy atom. The van der Waals surface area contributed by atoms with E-state index in [2.05, 4.69) is 0 Å². The minimum atomic E-state index is 0.0341. The molecule has 0 spiro atoms. The molecule has 0 aliphatic heterocycles. The molecule has 0 saturated carbocycles. The minimum absolute atomic E-state index is 0.0341. The van der Waals surface area contributed by atoms with Crippen LogP contribution in [0.3, 0.4) is 0 Å². The van der Waals surface area contributed by atoms with E-state index in [4.69, 9.17) is 4.42 Å². The third-order valence-corrected chi connectivity index (χ3v) is 2.75. The largest absolute Gasteiger partial charge is 0.472 e. The Kier molecular flexibility index (Phi) is 2.02. The number of rotatable bonds is 2. The van der Waals surface area contributed by atoms with Crippen LogP contribution in [0.2, 0.25) is 0 Å². The first-order valence-electron chi connectivity index (χ1n) is 3.91. The van der Waals surface area contributed by atoms with Crippen LogP contribution in [0.15, 0.2) is 35.1 Å². The van der Waals surface area contributed by atoms with Crippen LogP contribution in [0.25, 0.3) is 0 Å². The quantitative estimate of drug-likeness (QED) is 0.685. The second-order valence-corrected chi connectivity index (χ2v) is 4.04. The molecule has 0 unspecified atom stereocenters. The van der Waals surface area contributed by atoms with E-state index in [1.54, 1.807) is 6.07 Å². The summed E-state index contributed by atoms with van der Waals surface area (Å²) in [7, 11) is 0. The number of carbonyl (C=O) groups is 1. The number of thiophene rings is 1. The van der Waals surface area contributed by atoms with Crippen molar-refractivity contribution in [3.63, 3.8) is 0 Å². The van der Waals surface area contributed by atoms with Crippen LogP contribution >= 0.6 is 11.3 Å². The highest BCUT2D eigenvalue weighted by molar-refractivity contribution is 7.14. The normalized spacial score (nSPS) is 10.2. The number of carbonyl (C=O) groups excluding carboxylic acids is 1. The molecule has 0 aliphatic carbocycles. The fourth-order valence-corrected chi connectivity index (χ4v) is 1.92. The molecule has 0 amide bonds. The van der Waals surface area contributed by atoms with Crippen molar-refractivity contribution in [2.24, 2.45) is 0 Å². The highest BCUT2D eigenvalue weighted by Crippen LogP contribution is 2.19. The van der Waals surface area contributed by atoms with E-state index in [0.717, 1.165) is 9.75 Å². The Hall–Kier alpha value is -1.35. The van der Waals surface area contributed by atoms with Crippen LogP contribution in [-0.4, -0.2) is 5.78 Å². The molecule has 2 nitrogen and oxygen atoms in total. The average molecular weight is 192 g/mol. The zero-order valence-corrected chi connectivity index (χ0v) is 7.93. The Morgan fingerprint density at radius 1 is 1.38 bits per heavy atom. The van der Waals surface area contributed by atoms with Gasteiger partial charge in [0.15, 0.2) is 0 Å². The maximum Gasteiger partial charge on any atom is 0.206 e. The van der Waals surface area contributed by atoms with E-state index in [1.165, 1.54) is 23.9 Å². The Labute approximate surface area is 79.8 Å². The molecule has 2 heterocycles. The maximum absolute atomic E-state index is 11.7. The van der Waals surface area contributed by atoms with Gasteiger partial charge in [-0.2, -0.15) is 0 Å². The van der Waals surface area contributed by atoms with Gasteiger partial charge in [0.25, 0.3) is 0 Å². The first-order chi connectivity index (χ1) is 6.27.